The summed E-state index contributed by atoms with van der Waals surface area (Å²) in [5.41, 5.74) is 5.19. The van der Waals surface area contributed by atoms with Crippen LogP contribution in [0.5, 0.6) is 0 Å². The van der Waals surface area contributed by atoms with Gasteiger partial charge < -0.3 is 9.72 Å². The van der Waals surface area contributed by atoms with Crippen LogP contribution in [0.4, 0.5) is 0 Å². The average Bonchev–Trinajstić information content (AvgIpc) is 3.26. The van der Waals surface area contributed by atoms with Gasteiger partial charge in [0.1, 0.15) is 0 Å². The van der Waals surface area contributed by atoms with Crippen molar-refractivity contribution in [2.24, 2.45) is 0 Å². The van der Waals surface area contributed by atoms with Crippen LogP contribution in [0.25, 0.3) is 33.1 Å². The molecule has 0 amide bonds. The van der Waals surface area contributed by atoms with E-state index in [1.807, 2.05) is 79.7 Å². The van der Waals surface area contributed by atoms with Gasteiger partial charge in [-0.3, -0.25) is 4.79 Å². The fraction of sp³-hybridized carbons (Fsp3) is 0.0741. The monoisotopic (exact) mass is 420 g/mol. The summed E-state index contributed by atoms with van der Waals surface area (Å²) >= 11 is 0. The van der Waals surface area contributed by atoms with Gasteiger partial charge in [-0.05, 0) is 25.1 Å². The second-order valence-corrected chi connectivity index (χ2v) is 7.69. The first-order valence-electron chi connectivity index (χ1n) is 10.3. The lowest BCUT2D eigenvalue weighted by Crippen LogP contribution is -2.14. The molecular weight excluding hydrogens is 400 g/mol. The van der Waals surface area contributed by atoms with Gasteiger partial charge in [0.25, 0.3) is 0 Å². The Hall–Kier alpha value is -4.25. The molecule has 0 spiro atoms. The Morgan fingerprint density at radius 2 is 1.59 bits per heavy atom. The van der Waals surface area contributed by atoms with Crippen LogP contribution in [0.15, 0.2) is 85.1 Å². The van der Waals surface area contributed by atoms with E-state index in [0.29, 0.717) is 27.7 Å². The molecule has 0 aliphatic rings. The Balaban J connectivity index is 1.45. The van der Waals surface area contributed by atoms with Gasteiger partial charge >= 0.3 is 5.97 Å². The number of para-hydroxylation sites is 2. The number of nitrogens with zero attached hydrogens (tertiary/aromatic N) is 1. The zero-order chi connectivity index (χ0) is 22.1. The molecule has 0 saturated heterocycles. The van der Waals surface area contributed by atoms with Crippen LogP contribution in [0.2, 0.25) is 0 Å². The van der Waals surface area contributed by atoms with Crippen LogP contribution in [0.3, 0.4) is 0 Å². The molecule has 0 atom stereocenters. The summed E-state index contributed by atoms with van der Waals surface area (Å²) in [6, 6.07) is 24.6. The van der Waals surface area contributed by atoms with Crippen molar-refractivity contribution in [3.05, 3.63) is 102 Å². The molecule has 5 rings (SSSR count). The van der Waals surface area contributed by atoms with Crippen molar-refractivity contribution < 1.29 is 14.3 Å². The fourth-order valence-corrected chi connectivity index (χ4v) is 3.81. The number of aryl methyl sites for hydroxylation is 1. The highest BCUT2D eigenvalue weighted by molar-refractivity contribution is 6.10. The molecule has 32 heavy (non-hydrogen) atoms. The summed E-state index contributed by atoms with van der Waals surface area (Å²) in [7, 11) is 0. The number of benzene rings is 3. The number of esters is 1. The van der Waals surface area contributed by atoms with Crippen LogP contribution in [-0.2, 0) is 4.74 Å². The molecule has 0 saturated carbocycles. The maximum absolute atomic E-state index is 13.0. The normalized spacial score (nSPS) is 11.0. The molecule has 1 N–H and O–H groups in total. The Morgan fingerprint density at radius 3 is 2.41 bits per heavy atom. The molecule has 0 aliphatic carbocycles. The second-order valence-electron chi connectivity index (χ2n) is 7.69. The van der Waals surface area contributed by atoms with Crippen molar-refractivity contribution in [2.45, 2.75) is 6.92 Å². The van der Waals surface area contributed by atoms with Gasteiger partial charge in [-0.25, -0.2) is 9.78 Å². The summed E-state index contributed by atoms with van der Waals surface area (Å²) in [6.07, 6.45) is 1.65. The van der Waals surface area contributed by atoms with E-state index in [1.54, 1.807) is 12.3 Å². The van der Waals surface area contributed by atoms with E-state index in [4.69, 9.17) is 9.72 Å². The standard InChI is InChI=1S/C27H20N2O3/c1-17-10-12-18(13-11-17)25-14-21(19-6-3-5-9-24(19)29-25)27(31)32-16-26(30)22-15-28-23-8-4-2-7-20(22)23/h2-15,28H,16H2,1H3. The third-order valence-corrected chi connectivity index (χ3v) is 5.51. The number of pyridine rings is 1. The van der Waals surface area contributed by atoms with Crippen LogP contribution >= 0.6 is 0 Å². The second kappa shape index (κ2) is 8.12. The average molecular weight is 420 g/mol. The largest absolute Gasteiger partial charge is 0.454 e. The number of Topliss-reactive ketones (excluding diaryl/α,β-unsaturated/α-hetero) is 1. The van der Waals surface area contributed by atoms with Crippen molar-refractivity contribution in [2.75, 3.05) is 6.61 Å². The number of carbonyl (C=O) groups excluding carboxylic acids is 2. The summed E-state index contributed by atoms with van der Waals surface area (Å²) in [5, 5.41) is 1.50. The minimum absolute atomic E-state index is 0.257. The number of aromatic amines is 1. The lowest BCUT2D eigenvalue weighted by atomic mass is 10.0. The molecule has 0 bridgehead atoms. The first-order chi connectivity index (χ1) is 15.6. The molecule has 0 unspecified atom stereocenters. The minimum Gasteiger partial charge on any atom is -0.454 e. The highest BCUT2D eigenvalue weighted by Gasteiger charge is 2.18. The molecule has 0 fully saturated rings. The van der Waals surface area contributed by atoms with Crippen molar-refractivity contribution in [1.82, 2.24) is 9.97 Å². The number of H-pyrrole nitrogens is 1. The minimum atomic E-state index is -0.551. The number of aromatic nitrogens is 2. The van der Waals surface area contributed by atoms with Gasteiger partial charge in [0, 0.05) is 33.6 Å². The molecule has 2 heterocycles. The molecule has 5 aromatic rings. The third-order valence-electron chi connectivity index (χ3n) is 5.51. The summed E-state index contributed by atoms with van der Waals surface area (Å²) in [5.74, 6) is -0.807. The number of ether oxygens (including phenoxy) is 1. The van der Waals surface area contributed by atoms with E-state index in [-0.39, 0.29) is 12.4 Å². The van der Waals surface area contributed by atoms with Gasteiger partial charge in [-0.15, -0.1) is 0 Å². The molecule has 0 radical (unpaired) electrons. The predicted octanol–water partition coefficient (Wildman–Crippen LogP) is 5.73. The van der Waals surface area contributed by atoms with Crippen molar-refractivity contribution in [3.8, 4) is 11.3 Å². The number of hydrogen-bond donors (Lipinski definition) is 1. The zero-order valence-electron chi connectivity index (χ0n) is 17.5. The molecule has 0 aliphatic heterocycles. The smallest absolute Gasteiger partial charge is 0.339 e. The van der Waals surface area contributed by atoms with E-state index in [2.05, 4.69) is 4.98 Å². The molecule has 2 aromatic heterocycles. The highest BCUT2D eigenvalue weighted by atomic mass is 16.5. The summed E-state index contributed by atoms with van der Waals surface area (Å²) < 4.78 is 5.45. The maximum atomic E-state index is 13.0. The van der Waals surface area contributed by atoms with Crippen LogP contribution < -0.4 is 0 Å². The number of ketones is 1. The number of hydrogen-bond acceptors (Lipinski definition) is 4. The SMILES string of the molecule is Cc1ccc(-c2cc(C(=O)OCC(=O)c3c[nH]c4ccccc34)c3ccccc3n2)cc1. The maximum Gasteiger partial charge on any atom is 0.339 e. The Bertz CT molecular complexity index is 1470. The topological polar surface area (TPSA) is 72.1 Å². The lowest BCUT2D eigenvalue weighted by Gasteiger charge is -2.10. The van der Waals surface area contributed by atoms with Crippen molar-refractivity contribution >= 4 is 33.6 Å². The highest BCUT2D eigenvalue weighted by Crippen LogP contribution is 2.26. The predicted molar refractivity (Wildman–Crippen MR) is 125 cm³/mol. The van der Waals surface area contributed by atoms with Gasteiger partial charge in [0.2, 0.25) is 5.78 Å². The van der Waals surface area contributed by atoms with Crippen LogP contribution in [-0.4, -0.2) is 28.3 Å². The van der Waals surface area contributed by atoms with Gasteiger partial charge in [-0.1, -0.05) is 66.2 Å². The number of nitrogens with one attached hydrogen (secondary N) is 1. The summed E-state index contributed by atoms with van der Waals surface area (Å²) in [4.78, 5) is 33.5. The summed E-state index contributed by atoms with van der Waals surface area (Å²) in [6.45, 7) is 1.68. The van der Waals surface area contributed by atoms with E-state index in [1.165, 1.54) is 0 Å². The molecule has 156 valence electrons. The fourth-order valence-electron chi connectivity index (χ4n) is 3.81. The number of fused-ring (bicyclic) bond motifs is 2. The van der Waals surface area contributed by atoms with Crippen LogP contribution in [0.1, 0.15) is 26.3 Å². The van der Waals surface area contributed by atoms with Gasteiger partial charge in [-0.2, -0.15) is 0 Å². The lowest BCUT2D eigenvalue weighted by molar-refractivity contribution is 0.0477. The quantitative estimate of drug-likeness (QED) is 0.291. The number of carbonyl (C=O) groups is 2. The first kappa shape index (κ1) is 19.7. The van der Waals surface area contributed by atoms with Crippen molar-refractivity contribution in [1.29, 1.82) is 0 Å². The van der Waals surface area contributed by atoms with Crippen molar-refractivity contribution in [3.63, 3.8) is 0 Å². The Morgan fingerprint density at radius 1 is 0.875 bits per heavy atom. The first-order valence-corrected chi connectivity index (χ1v) is 10.3. The number of rotatable bonds is 5. The van der Waals surface area contributed by atoms with E-state index < -0.39 is 5.97 Å². The van der Waals surface area contributed by atoms with E-state index >= 15 is 0 Å². The third kappa shape index (κ3) is 3.65. The zero-order valence-corrected chi connectivity index (χ0v) is 17.5. The Labute approximate surface area is 184 Å². The molecule has 5 nitrogen and oxygen atoms in total. The van der Waals surface area contributed by atoms with E-state index in [9.17, 15) is 9.59 Å². The molecular formula is C27H20N2O3. The van der Waals surface area contributed by atoms with Crippen LogP contribution in [0, 0.1) is 6.92 Å². The van der Waals surface area contributed by atoms with Gasteiger partial charge in [0.15, 0.2) is 6.61 Å². The molecule has 3 aromatic carbocycles. The van der Waals surface area contributed by atoms with Gasteiger partial charge in [0.05, 0.1) is 16.8 Å². The van der Waals surface area contributed by atoms with E-state index in [0.717, 1.165) is 22.0 Å². The Kier molecular flexibility index (Phi) is 5.00. The molecule has 5 heteroatoms.